The number of amides is 1. The highest BCUT2D eigenvalue weighted by Gasteiger charge is 2.26. The molecule has 0 unspecified atom stereocenters. The van der Waals surface area contributed by atoms with Gasteiger partial charge >= 0.3 is 12.1 Å². The third kappa shape index (κ3) is 8.75. The Bertz CT molecular complexity index is 1400. The molecule has 9 nitrogen and oxygen atoms in total. The Hall–Kier alpha value is -4.50. The van der Waals surface area contributed by atoms with Gasteiger partial charge in [-0.05, 0) is 53.6 Å². The quantitative estimate of drug-likeness (QED) is 0.119. The minimum Gasteiger partial charge on any atom is -0.491 e. The van der Waals surface area contributed by atoms with Crippen LogP contribution in [0.15, 0.2) is 66.7 Å². The molecule has 0 saturated carbocycles. The number of hydrazine groups is 1. The molecule has 3 aromatic carbocycles. The van der Waals surface area contributed by atoms with Crippen molar-refractivity contribution in [3.8, 4) is 17.6 Å². The van der Waals surface area contributed by atoms with Crippen LogP contribution in [0.2, 0.25) is 0 Å². The first-order valence-corrected chi connectivity index (χ1v) is 13.8. The van der Waals surface area contributed by atoms with Gasteiger partial charge in [-0.25, -0.2) is 29.2 Å². The number of esters is 1. The number of halogens is 2. The molecule has 4 rings (SSSR count). The second kappa shape index (κ2) is 15.1. The van der Waals surface area contributed by atoms with E-state index in [1.54, 1.807) is 42.5 Å². The van der Waals surface area contributed by atoms with Gasteiger partial charge in [0.05, 0.1) is 19.7 Å². The lowest BCUT2D eigenvalue weighted by Gasteiger charge is -2.39. The standard InChI is InChI=1S/C32H34F2N4O5/c1-42-31(39)28-22-23(4-2-3-15-38(35)32(40)41)5-14-29(28)43-21-20-36-16-18-37(19-17-36)30(24-6-10-26(33)11-7-24)25-8-12-27(34)13-9-25/h5-14,22,30H,3,15-21,35H2,1H3,(H,40,41). The zero-order valence-electron chi connectivity index (χ0n) is 23.8. The highest BCUT2D eigenvalue weighted by atomic mass is 19.1. The highest BCUT2D eigenvalue weighted by molar-refractivity contribution is 5.93. The summed E-state index contributed by atoms with van der Waals surface area (Å²) in [4.78, 5) is 27.8. The van der Waals surface area contributed by atoms with Crippen LogP contribution in [0.1, 0.15) is 39.5 Å². The summed E-state index contributed by atoms with van der Waals surface area (Å²) in [6, 6.07) is 17.7. The van der Waals surface area contributed by atoms with Gasteiger partial charge in [0.1, 0.15) is 29.6 Å². The number of rotatable bonds is 10. The van der Waals surface area contributed by atoms with E-state index in [4.69, 9.17) is 20.4 Å². The number of hydrogen-bond acceptors (Lipinski definition) is 7. The first-order chi connectivity index (χ1) is 20.7. The van der Waals surface area contributed by atoms with Crippen LogP contribution >= 0.6 is 0 Å². The van der Waals surface area contributed by atoms with Crippen molar-refractivity contribution in [2.24, 2.45) is 5.84 Å². The molecular formula is C32H34F2N4O5. The van der Waals surface area contributed by atoms with Gasteiger partial charge in [-0.2, -0.15) is 0 Å². The molecule has 0 atom stereocenters. The lowest BCUT2D eigenvalue weighted by atomic mass is 9.96. The van der Waals surface area contributed by atoms with E-state index in [9.17, 15) is 18.4 Å². The maximum atomic E-state index is 13.6. The average Bonchev–Trinajstić information content (AvgIpc) is 3.02. The number of carbonyl (C=O) groups excluding carboxylic acids is 1. The van der Waals surface area contributed by atoms with Crippen LogP contribution in [0.5, 0.6) is 5.75 Å². The summed E-state index contributed by atoms with van der Waals surface area (Å²) in [7, 11) is 1.29. The predicted molar refractivity (Wildman–Crippen MR) is 156 cm³/mol. The fraction of sp³-hybridized carbons (Fsp3) is 0.312. The molecule has 3 aromatic rings. The maximum Gasteiger partial charge on any atom is 0.421 e. The second-order valence-electron chi connectivity index (χ2n) is 9.96. The molecule has 1 heterocycles. The zero-order valence-corrected chi connectivity index (χ0v) is 23.8. The number of carbonyl (C=O) groups is 2. The number of benzene rings is 3. The zero-order chi connectivity index (χ0) is 30.8. The summed E-state index contributed by atoms with van der Waals surface area (Å²) in [5.74, 6) is 10.3. The van der Waals surface area contributed by atoms with Gasteiger partial charge < -0.3 is 14.6 Å². The molecule has 1 amide bonds. The van der Waals surface area contributed by atoms with Gasteiger partial charge in [0.15, 0.2) is 0 Å². The van der Waals surface area contributed by atoms with E-state index in [1.165, 1.54) is 31.4 Å². The minimum absolute atomic E-state index is 0.0563. The van der Waals surface area contributed by atoms with Crippen molar-refractivity contribution in [2.45, 2.75) is 12.5 Å². The number of methoxy groups -OCH3 is 1. The Labute approximate surface area is 249 Å². The van der Waals surface area contributed by atoms with Crippen LogP contribution < -0.4 is 10.6 Å². The number of nitrogens with zero attached hydrogens (tertiary/aromatic N) is 3. The molecule has 0 aromatic heterocycles. The third-order valence-corrected chi connectivity index (χ3v) is 7.15. The molecule has 1 aliphatic rings. The first-order valence-electron chi connectivity index (χ1n) is 13.8. The maximum absolute atomic E-state index is 13.6. The van der Waals surface area contributed by atoms with E-state index >= 15 is 0 Å². The number of nitrogens with two attached hydrogens (primary N) is 1. The SMILES string of the molecule is COC(=O)c1cc(C#CCCN(N)C(=O)O)ccc1OCCN1CCN(C(c2ccc(F)cc2)c2ccc(F)cc2)CC1. The normalized spacial score (nSPS) is 13.7. The van der Waals surface area contributed by atoms with Gasteiger partial charge in [-0.1, -0.05) is 36.1 Å². The summed E-state index contributed by atoms with van der Waals surface area (Å²) >= 11 is 0. The first kappa shape index (κ1) is 31.4. The highest BCUT2D eigenvalue weighted by Crippen LogP contribution is 2.30. The monoisotopic (exact) mass is 592 g/mol. The van der Waals surface area contributed by atoms with E-state index in [0.29, 0.717) is 29.5 Å². The van der Waals surface area contributed by atoms with Gasteiger partial charge in [0, 0.05) is 44.7 Å². The van der Waals surface area contributed by atoms with Crippen LogP contribution in [0.4, 0.5) is 13.6 Å². The Balaban J connectivity index is 1.34. The van der Waals surface area contributed by atoms with Crippen LogP contribution in [-0.4, -0.2) is 85.0 Å². The third-order valence-electron chi connectivity index (χ3n) is 7.15. The van der Waals surface area contributed by atoms with E-state index in [1.807, 2.05) is 0 Å². The number of ether oxygens (including phenoxy) is 2. The van der Waals surface area contributed by atoms with Crippen LogP contribution in [-0.2, 0) is 4.74 Å². The Morgan fingerprint density at radius 2 is 1.58 bits per heavy atom. The molecule has 3 N–H and O–H groups in total. The van der Waals surface area contributed by atoms with Gasteiger partial charge in [0.25, 0.3) is 0 Å². The largest absolute Gasteiger partial charge is 0.491 e. The summed E-state index contributed by atoms with van der Waals surface area (Å²) in [6.45, 7) is 4.05. The summed E-state index contributed by atoms with van der Waals surface area (Å²) < 4.78 is 38.1. The fourth-order valence-electron chi connectivity index (χ4n) is 4.87. The second-order valence-corrected chi connectivity index (χ2v) is 9.96. The molecule has 11 heteroatoms. The van der Waals surface area contributed by atoms with Gasteiger partial charge in [0.2, 0.25) is 0 Å². The number of carboxylic acid groups (broad SMARTS) is 1. The molecule has 226 valence electrons. The topological polar surface area (TPSA) is 109 Å². The molecule has 0 spiro atoms. The van der Waals surface area contributed by atoms with E-state index in [2.05, 4.69) is 21.6 Å². The molecular weight excluding hydrogens is 558 g/mol. The molecule has 0 bridgehead atoms. The summed E-state index contributed by atoms with van der Waals surface area (Å²) in [5.41, 5.74) is 2.68. The molecule has 43 heavy (non-hydrogen) atoms. The van der Waals surface area contributed by atoms with E-state index in [-0.39, 0.29) is 36.2 Å². The number of piperazine rings is 1. The molecule has 1 aliphatic heterocycles. The van der Waals surface area contributed by atoms with Crippen LogP contribution in [0, 0.1) is 23.5 Å². The van der Waals surface area contributed by atoms with Gasteiger partial charge in [-0.15, -0.1) is 0 Å². The van der Waals surface area contributed by atoms with Crippen molar-refractivity contribution in [3.05, 3.63) is 101 Å². The van der Waals surface area contributed by atoms with E-state index in [0.717, 1.165) is 37.3 Å². The van der Waals surface area contributed by atoms with Crippen LogP contribution in [0.25, 0.3) is 0 Å². The van der Waals surface area contributed by atoms with Crippen molar-refractivity contribution in [3.63, 3.8) is 0 Å². The van der Waals surface area contributed by atoms with Crippen molar-refractivity contribution < 1.29 is 33.0 Å². The van der Waals surface area contributed by atoms with Crippen molar-refractivity contribution >= 4 is 12.1 Å². The lowest BCUT2D eigenvalue weighted by molar-refractivity contribution is 0.0594. The molecule has 1 fully saturated rings. The smallest absolute Gasteiger partial charge is 0.421 e. The van der Waals surface area contributed by atoms with E-state index < -0.39 is 12.1 Å². The Morgan fingerprint density at radius 3 is 2.14 bits per heavy atom. The molecule has 0 aliphatic carbocycles. The predicted octanol–water partition coefficient (Wildman–Crippen LogP) is 4.13. The Kier molecular flexibility index (Phi) is 11.0. The summed E-state index contributed by atoms with van der Waals surface area (Å²) in [5, 5.41) is 9.46. The van der Waals surface area contributed by atoms with Crippen molar-refractivity contribution in [1.29, 1.82) is 0 Å². The summed E-state index contributed by atoms with van der Waals surface area (Å²) in [6.07, 6.45) is -1.01. The minimum atomic E-state index is -1.24. The Morgan fingerprint density at radius 1 is 0.977 bits per heavy atom. The molecule has 0 radical (unpaired) electrons. The van der Waals surface area contributed by atoms with Gasteiger partial charge in [-0.3, -0.25) is 9.80 Å². The average molecular weight is 593 g/mol. The van der Waals surface area contributed by atoms with Crippen molar-refractivity contribution in [1.82, 2.24) is 14.8 Å². The lowest BCUT2D eigenvalue weighted by Crippen LogP contribution is -2.48. The fourth-order valence-corrected chi connectivity index (χ4v) is 4.87. The number of hydrogen-bond donors (Lipinski definition) is 2. The van der Waals surface area contributed by atoms with Crippen molar-refractivity contribution in [2.75, 3.05) is 53.0 Å². The van der Waals surface area contributed by atoms with Crippen LogP contribution in [0.3, 0.4) is 0 Å². The molecule has 1 saturated heterocycles.